The molecular formula is C26H37N3O4S. The van der Waals surface area contributed by atoms with Gasteiger partial charge in [0.25, 0.3) is 0 Å². The Hall–Kier alpha value is -2.87. The van der Waals surface area contributed by atoms with Crippen LogP contribution in [0.15, 0.2) is 48.5 Å². The van der Waals surface area contributed by atoms with Crippen LogP contribution in [0.4, 0.5) is 5.69 Å². The second-order valence-corrected chi connectivity index (χ2v) is 10.7. The van der Waals surface area contributed by atoms with Crippen LogP contribution in [-0.2, 0) is 26.2 Å². The Bertz CT molecular complexity index is 1080. The van der Waals surface area contributed by atoms with E-state index in [2.05, 4.69) is 5.32 Å². The Kier molecular flexibility index (Phi) is 9.67. The maximum absolute atomic E-state index is 13.7. The first kappa shape index (κ1) is 27.4. The van der Waals surface area contributed by atoms with Crippen molar-refractivity contribution in [2.45, 2.75) is 59.5 Å². The van der Waals surface area contributed by atoms with E-state index in [1.165, 1.54) is 4.90 Å². The Balaban J connectivity index is 2.48. The molecule has 0 unspecified atom stereocenters. The van der Waals surface area contributed by atoms with Crippen molar-refractivity contribution in [3.05, 3.63) is 65.2 Å². The molecule has 1 atom stereocenters. The smallest absolute Gasteiger partial charge is 0.244 e. The van der Waals surface area contributed by atoms with E-state index in [0.717, 1.165) is 27.3 Å². The first-order chi connectivity index (χ1) is 16.0. The minimum Gasteiger partial charge on any atom is -0.355 e. The highest BCUT2D eigenvalue weighted by molar-refractivity contribution is 7.92. The van der Waals surface area contributed by atoms with Crippen LogP contribution in [0.25, 0.3) is 0 Å². The van der Waals surface area contributed by atoms with Gasteiger partial charge in [-0.2, -0.15) is 0 Å². The van der Waals surface area contributed by atoms with Gasteiger partial charge < -0.3 is 10.2 Å². The van der Waals surface area contributed by atoms with Crippen molar-refractivity contribution >= 4 is 27.5 Å². The molecule has 0 aliphatic heterocycles. The van der Waals surface area contributed by atoms with Crippen LogP contribution in [-0.4, -0.2) is 50.5 Å². The van der Waals surface area contributed by atoms with Crippen LogP contribution in [0.5, 0.6) is 0 Å². The molecule has 0 spiro atoms. The SMILES string of the molecule is CCNC(=O)[C@@H](CC)N(Cc1ccc(C)cc1)C(=O)CN(c1ccccc1C(C)C)S(C)(=O)=O. The first-order valence-electron chi connectivity index (χ1n) is 11.7. The number of hydrogen-bond acceptors (Lipinski definition) is 4. The molecule has 2 rings (SSSR count). The zero-order chi connectivity index (χ0) is 25.5. The zero-order valence-corrected chi connectivity index (χ0v) is 21.9. The summed E-state index contributed by atoms with van der Waals surface area (Å²) in [5.74, 6) is -0.612. The van der Waals surface area contributed by atoms with E-state index in [1.54, 1.807) is 12.1 Å². The van der Waals surface area contributed by atoms with Crippen molar-refractivity contribution in [2.24, 2.45) is 0 Å². The molecule has 34 heavy (non-hydrogen) atoms. The van der Waals surface area contributed by atoms with Crippen LogP contribution in [0, 0.1) is 6.92 Å². The Labute approximate surface area is 204 Å². The molecule has 7 nitrogen and oxygen atoms in total. The van der Waals surface area contributed by atoms with Crippen molar-refractivity contribution < 1.29 is 18.0 Å². The lowest BCUT2D eigenvalue weighted by Gasteiger charge is -2.33. The van der Waals surface area contributed by atoms with Crippen molar-refractivity contribution in [3.63, 3.8) is 0 Å². The molecule has 0 aromatic heterocycles. The van der Waals surface area contributed by atoms with Gasteiger partial charge >= 0.3 is 0 Å². The summed E-state index contributed by atoms with van der Waals surface area (Å²) in [6, 6.07) is 14.2. The van der Waals surface area contributed by atoms with E-state index in [0.29, 0.717) is 18.7 Å². The summed E-state index contributed by atoms with van der Waals surface area (Å²) in [5.41, 5.74) is 3.28. The number of hydrogen-bond donors (Lipinski definition) is 1. The average molecular weight is 488 g/mol. The van der Waals surface area contributed by atoms with E-state index < -0.39 is 22.0 Å². The van der Waals surface area contributed by atoms with Gasteiger partial charge in [0.2, 0.25) is 21.8 Å². The summed E-state index contributed by atoms with van der Waals surface area (Å²) in [5, 5.41) is 2.80. The van der Waals surface area contributed by atoms with Crippen LogP contribution in [0.3, 0.4) is 0 Å². The molecule has 2 amide bonds. The van der Waals surface area contributed by atoms with Crippen molar-refractivity contribution in [3.8, 4) is 0 Å². The Morgan fingerprint density at radius 1 is 1.00 bits per heavy atom. The quantitative estimate of drug-likeness (QED) is 0.522. The molecule has 0 saturated carbocycles. The Morgan fingerprint density at radius 3 is 2.15 bits per heavy atom. The standard InChI is InChI=1S/C26H37N3O4S/c1-7-23(26(31)27-8-2)28(17-21-15-13-20(5)14-16-21)25(30)18-29(34(6,32)33)24-12-10-9-11-22(24)19(3)4/h9-16,19,23H,7-8,17-18H2,1-6H3,(H,27,31)/t23-/m1/s1. The largest absolute Gasteiger partial charge is 0.355 e. The summed E-state index contributed by atoms with van der Waals surface area (Å²) in [4.78, 5) is 28.0. The molecule has 2 aromatic carbocycles. The van der Waals surface area contributed by atoms with E-state index in [4.69, 9.17) is 0 Å². The number of carbonyl (C=O) groups excluding carboxylic acids is 2. The lowest BCUT2D eigenvalue weighted by atomic mass is 10.0. The first-order valence-corrected chi connectivity index (χ1v) is 13.5. The van der Waals surface area contributed by atoms with Crippen molar-refractivity contribution in [2.75, 3.05) is 23.7 Å². The van der Waals surface area contributed by atoms with E-state index in [-0.39, 0.29) is 24.9 Å². The molecule has 2 aromatic rings. The summed E-state index contributed by atoms with van der Waals surface area (Å²) in [6.45, 7) is 9.87. The monoisotopic (exact) mass is 487 g/mol. The molecule has 8 heteroatoms. The third-order valence-corrected chi connectivity index (χ3v) is 6.84. The van der Waals surface area contributed by atoms with E-state index in [1.807, 2.05) is 71.0 Å². The molecule has 1 N–H and O–H groups in total. The fourth-order valence-electron chi connectivity index (χ4n) is 3.90. The molecule has 0 radical (unpaired) electrons. The number of carbonyl (C=O) groups is 2. The highest BCUT2D eigenvalue weighted by Gasteiger charge is 2.32. The number of amides is 2. The molecule has 0 aliphatic rings. The second-order valence-electron chi connectivity index (χ2n) is 8.81. The highest BCUT2D eigenvalue weighted by Crippen LogP contribution is 2.29. The predicted octanol–water partition coefficient (Wildman–Crippen LogP) is 3.83. The average Bonchev–Trinajstić information content (AvgIpc) is 2.78. The van der Waals surface area contributed by atoms with Gasteiger partial charge in [0.05, 0.1) is 11.9 Å². The minimum atomic E-state index is -3.76. The van der Waals surface area contributed by atoms with Crippen LogP contribution >= 0.6 is 0 Å². The number of rotatable bonds is 11. The van der Waals surface area contributed by atoms with Crippen molar-refractivity contribution in [1.29, 1.82) is 0 Å². The second kappa shape index (κ2) is 12.0. The van der Waals surface area contributed by atoms with Gasteiger partial charge in [-0.05, 0) is 43.4 Å². The number of sulfonamides is 1. The van der Waals surface area contributed by atoms with Gasteiger partial charge in [-0.15, -0.1) is 0 Å². The lowest BCUT2D eigenvalue weighted by Crippen LogP contribution is -2.52. The normalized spacial score (nSPS) is 12.3. The third-order valence-electron chi connectivity index (χ3n) is 5.72. The third kappa shape index (κ3) is 7.06. The summed E-state index contributed by atoms with van der Waals surface area (Å²) in [6.07, 6.45) is 1.51. The number of nitrogens with one attached hydrogen (secondary N) is 1. The summed E-state index contributed by atoms with van der Waals surface area (Å²) >= 11 is 0. The number of likely N-dealkylation sites (N-methyl/N-ethyl adjacent to an activating group) is 1. The van der Waals surface area contributed by atoms with Gasteiger partial charge in [0.15, 0.2) is 0 Å². The van der Waals surface area contributed by atoms with Crippen LogP contribution in [0.1, 0.15) is 56.7 Å². The Morgan fingerprint density at radius 2 is 1.62 bits per heavy atom. The maximum Gasteiger partial charge on any atom is 0.244 e. The zero-order valence-electron chi connectivity index (χ0n) is 21.0. The van der Waals surface area contributed by atoms with E-state index >= 15 is 0 Å². The van der Waals surface area contributed by atoms with E-state index in [9.17, 15) is 18.0 Å². The topological polar surface area (TPSA) is 86.8 Å². The summed E-state index contributed by atoms with van der Waals surface area (Å²) < 4.78 is 26.8. The number of para-hydroxylation sites is 1. The predicted molar refractivity (Wildman–Crippen MR) is 137 cm³/mol. The molecule has 0 fully saturated rings. The molecule has 186 valence electrons. The van der Waals surface area contributed by atoms with Gasteiger partial charge in [-0.25, -0.2) is 8.42 Å². The number of benzene rings is 2. The molecule has 0 aliphatic carbocycles. The molecule has 0 saturated heterocycles. The number of anilines is 1. The van der Waals surface area contributed by atoms with Gasteiger partial charge in [-0.1, -0.05) is 68.8 Å². The lowest BCUT2D eigenvalue weighted by molar-refractivity contribution is -0.140. The van der Waals surface area contributed by atoms with Crippen molar-refractivity contribution in [1.82, 2.24) is 10.2 Å². The van der Waals surface area contributed by atoms with Gasteiger partial charge in [-0.3, -0.25) is 13.9 Å². The minimum absolute atomic E-state index is 0.0675. The molecule has 0 heterocycles. The van der Waals surface area contributed by atoms with Gasteiger partial charge in [0, 0.05) is 13.1 Å². The molecular weight excluding hydrogens is 450 g/mol. The fraction of sp³-hybridized carbons (Fsp3) is 0.462. The summed E-state index contributed by atoms with van der Waals surface area (Å²) in [7, 11) is -3.76. The van der Waals surface area contributed by atoms with Gasteiger partial charge in [0.1, 0.15) is 12.6 Å². The van der Waals surface area contributed by atoms with Crippen LogP contribution in [0.2, 0.25) is 0 Å². The fourth-order valence-corrected chi connectivity index (χ4v) is 4.77. The maximum atomic E-state index is 13.7. The molecule has 0 bridgehead atoms. The number of nitrogens with zero attached hydrogens (tertiary/aromatic N) is 2. The highest BCUT2D eigenvalue weighted by atomic mass is 32.2. The number of aryl methyl sites for hydroxylation is 1. The van der Waals surface area contributed by atoms with Crippen LogP contribution < -0.4 is 9.62 Å².